The van der Waals surface area contributed by atoms with Crippen molar-refractivity contribution in [1.82, 2.24) is 10.3 Å². The van der Waals surface area contributed by atoms with E-state index in [4.69, 9.17) is 17.0 Å². The molecule has 0 saturated heterocycles. The Hall–Kier alpha value is -3.78. The summed E-state index contributed by atoms with van der Waals surface area (Å²) in [6.45, 7) is 6.35. The van der Waals surface area contributed by atoms with E-state index < -0.39 is 0 Å². The molecule has 0 aliphatic carbocycles. The van der Waals surface area contributed by atoms with Crippen molar-refractivity contribution in [2.75, 3.05) is 17.7 Å². The molecule has 0 fully saturated rings. The van der Waals surface area contributed by atoms with E-state index in [-0.39, 0.29) is 22.3 Å². The van der Waals surface area contributed by atoms with Crippen molar-refractivity contribution in [3.8, 4) is 5.75 Å². The number of rotatable bonds is 5. The van der Waals surface area contributed by atoms with Crippen molar-refractivity contribution in [2.45, 2.75) is 26.2 Å². The minimum atomic E-state index is -0.304. The highest BCUT2D eigenvalue weighted by molar-refractivity contribution is 7.80. The zero-order valence-electron chi connectivity index (χ0n) is 18.9. The van der Waals surface area contributed by atoms with Gasteiger partial charge < -0.3 is 15.4 Å². The van der Waals surface area contributed by atoms with E-state index in [0.717, 1.165) is 5.56 Å². The van der Waals surface area contributed by atoms with Crippen LogP contribution in [-0.2, 0) is 5.41 Å². The number of thiocarbonyl (C=S) groups is 1. The molecule has 0 aliphatic rings. The smallest absolute Gasteiger partial charge is 0.257 e. The van der Waals surface area contributed by atoms with Crippen LogP contribution >= 0.6 is 12.2 Å². The van der Waals surface area contributed by atoms with Gasteiger partial charge in [-0.1, -0.05) is 32.9 Å². The minimum Gasteiger partial charge on any atom is -0.494 e. The third kappa shape index (κ3) is 6.36. The van der Waals surface area contributed by atoms with Gasteiger partial charge in [-0.15, -0.1) is 0 Å². The largest absolute Gasteiger partial charge is 0.494 e. The van der Waals surface area contributed by atoms with E-state index in [1.807, 2.05) is 12.1 Å². The van der Waals surface area contributed by atoms with E-state index in [1.54, 1.807) is 54.9 Å². The summed E-state index contributed by atoms with van der Waals surface area (Å²) < 4.78 is 5.40. The number of hydrogen-bond donors (Lipinski definition) is 3. The molecular formula is C25H26N4O3S. The standard InChI is InChI=1S/C25H26N4O3S/c1-25(2,3)18-7-5-16(6-8-18)23(31)29-24(33)27-19-9-10-20(21(15-19)32-4)28-22(30)17-11-13-26-14-12-17/h5-15H,1-4H3,(H,28,30)(H2,27,29,31,33). The van der Waals surface area contributed by atoms with Gasteiger partial charge in [0.25, 0.3) is 11.8 Å². The van der Waals surface area contributed by atoms with Crippen molar-refractivity contribution in [3.05, 3.63) is 83.7 Å². The number of anilines is 2. The fourth-order valence-corrected chi connectivity index (χ4v) is 3.24. The molecule has 1 heterocycles. The van der Waals surface area contributed by atoms with Crippen molar-refractivity contribution in [2.24, 2.45) is 0 Å². The number of carbonyl (C=O) groups is 2. The second kappa shape index (κ2) is 10.2. The Bertz CT molecular complexity index is 1160. The zero-order chi connectivity index (χ0) is 24.0. The number of carbonyl (C=O) groups excluding carboxylic acids is 2. The average molecular weight is 463 g/mol. The van der Waals surface area contributed by atoms with Crippen LogP contribution in [0.3, 0.4) is 0 Å². The van der Waals surface area contributed by atoms with Crippen LogP contribution in [0.2, 0.25) is 0 Å². The molecule has 0 radical (unpaired) electrons. The molecule has 0 spiro atoms. The summed E-state index contributed by atoms with van der Waals surface area (Å²) in [5.74, 6) is -0.146. The Morgan fingerprint density at radius 3 is 2.12 bits per heavy atom. The fourth-order valence-electron chi connectivity index (χ4n) is 3.03. The molecule has 0 atom stereocenters. The van der Waals surface area contributed by atoms with Gasteiger partial charge in [0, 0.05) is 35.3 Å². The second-order valence-corrected chi connectivity index (χ2v) is 8.75. The number of aromatic nitrogens is 1. The number of nitrogens with one attached hydrogen (secondary N) is 3. The lowest BCUT2D eigenvalue weighted by molar-refractivity contribution is 0.0976. The van der Waals surface area contributed by atoms with Crippen molar-refractivity contribution in [3.63, 3.8) is 0 Å². The van der Waals surface area contributed by atoms with Gasteiger partial charge in [-0.3, -0.25) is 19.9 Å². The first-order valence-corrected chi connectivity index (χ1v) is 10.7. The monoisotopic (exact) mass is 462 g/mol. The number of benzene rings is 2. The average Bonchev–Trinajstić information content (AvgIpc) is 2.80. The van der Waals surface area contributed by atoms with Gasteiger partial charge in [-0.2, -0.15) is 0 Å². The number of methoxy groups -OCH3 is 1. The summed E-state index contributed by atoms with van der Waals surface area (Å²) >= 11 is 5.28. The van der Waals surface area contributed by atoms with Crippen molar-refractivity contribution >= 4 is 40.5 Å². The number of nitrogens with zero attached hydrogens (tertiary/aromatic N) is 1. The van der Waals surface area contributed by atoms with Gasteiger partial charge >= 0.3 is 0 Å². The molecular weight excluding hydrogens is 436 g/mol. The highest BCUT2D eigenvalue weighted by Crippen LogP contribution is 2.28. The van der Waals surface area contributed by atoms with Crippen molar-refractivity contribution in [1.29, 1.82) is 0 Å². The van der Waals surface area contributed by atoms with Crippen LogP contribution in [0.4, 0.5) is 11.4 Å². The maximum absolute atomic E-state index is 12.5. The molecule has 3 N–H and O–H groups in total. The van der Waals surface area contributed by atoms with Gasteiger partial charge in [0.1, 0.15) is 5.75 Å². The van der Waals surface area contributed by atoms with Crippen LogP contribution < -0.4 is 20.7 Å². The van der Waals surface area contributed by atoms with E-state index in [1.165, 1.54) is 7.11 Å². The molecule has 0 saturated carbocycles. The first-order chi connectivity index (χ1) is 15.7. The second-order valence-electron chi connectivity index (χ2n) is 8.34. The summed E-state index contributed by atoms with van der Waals surface area (Å²) in [4.78, 5) is 28.8. The van der Waals surface area contributed by atoms with E-state index in [9.17, 15) is 9.59 Å². The quantitative estimate of drug-likeness (QED) is 0.473. The van der Waals surface area contributed by atoms with Crippen molar-refractivity contribution < 1.29 is 14.3 Å². The molecule has 3 rings (SSSR count). The van der Waals surface area contributed by atoms with E-state index in [2.05, 4.69) is 41.7 Å². The first kappa shape index (κ1) is 23.9. The topological polar surface area (TPSA) is 92.4 Å². The predicted molar refractivity (Wildman–Crippen MR) is 134 cm³/mol. The molecule has 7 nitrogen and oxygen atoms in total. The lowest BCUT2D eigenvalue weighted by atomic mass is 9.87. The van der Waals surface area contributed by atoms with Gasteiger partial charge in [-0.05, 0) is 59.6 Å². The molecule has 1 aromatic heterocycles. The molecule has 33 heavy (non-hydrogen) atoms. The highest BCUT2D eigenvalue weighted by atomic mass is 32.1. The number of amides is 2. The van der Waals surface area contributed by atoms with Crippen LogP contribution in [-0.4, -0.2) is 29.0 Å². The Labute approximate surface area is 198 Å². The summed E-state index contributed by atoms with van der Waals surface area (Å²) in [6, 6.07) is 15.8. The number of hydrogen-bond acceptors (Lipinski definition) is 5. The maximum atomic E-state index is 12.5. The fraction of sp³-hybridized carbons (Fsp3) is 0.200. The molecule has 170 valence electrons. The predicted octanol–water partition coefficient (Wildman–Crippen LogP) is 4.77. The first-order valence-electron chi connectivity index (χ1n) is 10.3. The Kier molecular flexibility index (Phi) is 7.40. The minimum absolute atomic E-state index is 0.00878. The molecule has 0 bridgehead atoms. The molecule has 8 heteroatoms. The molecule has 2 aromatic carbocycles. The normalized spacial score (nSPS) is 10.8. The third-order valence-electron chi connectivity index (χ3n) is 4.89. The summed E-state index contributed by atoms with van der Waals surface area (Å²) in [6.07, 6.45) is 3.10. The zero-order valence-corrected chi connectivity index (χ0v) is 19.7. The van der Waals surface area contributed by atoms with Gasteiger partial charge in [-0.25, -0.2) is 0 Å². The highest BCUT2D eigenvalue weighted by Gasteiger charge is 2.15. The summed E-state index contributed by atoms with van der Waals surface area (Å²) in [5.41, 5.74) is 3.24. The van der Waals surface area contributed by atoms with Crippen LogP contribution in [0, 0.1) is 0 Å². The lowest BCUT2D eigenvalue weighted by Crippen LogP contribution is -2.34. The Morgan fingerprint density at radius 1 is 0.879 bits per heavy atom. The summed E-state index contributed by atoms with van der Waals surface area (Å²) in [5, 5.41) is 8.59. The van der Waals surface area contributed by atoms with Gasteiger partial charge in [0.15, 0.2) is 5.11 Å². The van der Waals surface area contributed by atoms with Crippen LogP contribution in [0.1, 0.15) is 47.1 Å². The molecule has 2 amide bonds. The van der Waals surface area contributed by atoms with E-state index in [0.29, 0.717) is 28.3 Å². The molecule has 3 aromatic rings. The number of ether oxygens (including phenoxy) is 1. The summed E-state index contributed by atoms with van der Waals surface area (Å²) in [7, 11) is 1.50. The maximum Gasteiger partial charge on any atom is 0.257 e. The Balaban J connectivity index is 1.63. The lowest BCUT2D eigenvalue weighted by Gasteiger charge is -2.19. The SMILES string of the molecule is COc1cc(NC(=S)NC(=O)c2ccc(C(C)(C)C)cc2)ccc1NC(=O)c1ccncc1. The third-order valence-corrected chi connectivity index (χ3v) is 5.09. The molecule has 0 aliphatic heterocycles. The van der Waals surface area contributed by atoms with Gasteiger partial charge in [0.05, 0.1) is 12.8 Å². The van der Waals surface area contributed by atoms with Crippen LogP contribution in [0.5, 0.6) is 5.75 Å². The molecule has 0 unspecified atom stereocenters. The van der Waals surface area contributed by atoms with Crippen LogP contribution in [0.15, 0.2) is 67.0 Å². The van der Waals surface area contributed by atoms with Crippen LogP contribution in [0.25, 0.3) is 0 Å². The van der Waals surface area contributed by atoms with E-state index >= 15 is 0 Å². The Morgan fingerprint density at radius 2 is 1.52 bits per heavy atom. The van der Waals surface area contributed by atoms with Gasteiger partial charge in [0.2, 0.25) is 0 Å². The number of pyridine rings is 1.